The van der Waals surface area contributed by atoms with Crippen LogP contribution in [0.5, 0.6) is 0 Å². The lowest BCUT2D eigenvalue weighted by molar-refractivity contribution is -0.141. The van der Waals surface area contributed by atoms with E-state index in [2.05, 4.69) is 4.90 Å². The Morgan fingerprint density at radius 2 is 1.89 bits per heavy atom. The van der Waals surface area contributed by atoms with Gasteiger partial charge < -0.3 is 24.9 Å². The number of amides is 2. The van der Waals surface area contributed by atoms with E-state index in [-0.39, 0.29) is 19.0 Å². The second-order valence-electron chi connectivity index (χ2n) is 5.32. The zero-order chi connectivity index (χ0) is 14.0. The molecule has 2 rings (SSSR count). The number of β-amino-alcohol motifs (C(OH)–C–C–N with tert-alkyl or cyclic N) is 1. The second kappa shape index (κ2) is 5.75. The number of aliphatic hydroxyl groups is 1. The van der Waals surface area contributed by atoms with Crippen LogP contribution in [-0.4, -0.2) is 88.8 Å². The lowest BCUT2D eigenvalue weighted by atomic mass is 10.2. The number of carboxylic acid groups (broad SMARTS) is 1. The average molecular weight is 271 g/mol. The summed E-state index contributed by atoms with van der Waals surface area (Å²) in [6.07, 6.45) is 0.269. The Labute approximate surface area is 112 Å². The van der Waals surface area contributed by atoms with Gasteiger partial charge in [0.05, 0.1) is 6.10 Å². The van der Waals surface area contributed by atoms with Crippen LogP contribution in [0.15, 0.2) is 0 Å². The molecule has 0 bridgehead atoms. The lowest BCUT2D eigenvalue weighted by Gasteiger charge is -2.29. The molecule has 0 unspecified atom stereocenters. The van der Waals surface area contributed by atoms with Crippen molar-refractivity contribution in [1.82, 2.24) is 14.7 Å². The van der Waals surface area contributed by atoms with Crippen molar-refractivity contribution in [2.75, 3.05) is 39.8 Å². The number of hydrogen-bond acceptors (Lipinski definition) is 4. The van der Waals surface area contributed by atoms with Crippen LogP contribution in [-0.2, 0) is 4.79 Å². The molecule has 0 aliphatic carbocycles. The molecular formula is C12H21N3O4. The number of carbonyl (C=O) groups excluding carboxylic acids is 1. The van der Waals surface area contributed by atoms with Gasteiger partial charge >= 0.3 is 12.0 Å². The van der Waals surface area contributed by atoms with Gasteiger partial charge in [-0.25, -0.2) is 9.59 Å². The van der Waals surface area contributed by atoms with Crippen molar-refractivity contribution in [2.45, 2.75) is 25.0 Å². The Morgan fingerprint density at radius 3 is 2.58 bits per heavy atom. The topological polar surface area (TPSA) is 84.3 Å². The van der Waals surface area contributed by atoms with E-state index in [4.69, 9.17) is 5.11 Å². The Hall–Kier alpha value is -1.34. The number of carboxylic acids is 1. The monoisotopic (exact) mass is 271 g/mol. The van der Waals surface area contributed by atoms with Crippen molar-refractivity contribution in [1.29, 1.82) is 0 Å². The van der Waals surface area contributed by atoms with Crippen molar-refractivity contribution in [2.24, 2.45) is 0 Å². The van der Waals surface area contributed by atoms with Gasteiger partial charge in [0.1, 0.15) is 6.04 Å². The number of urea groups is 1. The molecule has 7 heteroatoms. The first kappa shape index (κ1) is 14.1. The number of hydrogen-bond donors (Lipinski definition) is 2. The van der Waals surface area contributed by atoms with Crippen LogP contribution in [0.1, 0.15) is 12.8 Å². The zero-order valence-electron chi connectivity index (χ0n) is 11.2. The summed E-state index contributed by atoms with van der Waals surface area (Å²) in [4.78, 5) is 28.6. The number of aliphatic carboxylic acids is 1. The highest BCUT2D eigenvalue weighted by Gasteiger charge is 2.40. The number of rotatable bonds is 1. The van der Waals surface area contributed by atoms with Crippen molar-refractivity contribution in [3.05, 3.63) is 0 Å². The molecular weight excluding hydrogens is 250 g/mol. The molecule has 0 aromatic rings. The number of nitrogens with zero attached hydrogens (tertiary/aromatic N) is 3. The number of carbonyl (C=O) groups is 2. The minimum absolute atomic E-state index is 0.113. The van der Waals surface area contributed by atoms with E-state index in [1.807, 2.05) is 7.05 Å². The van der Waals surface area contributed by atoms with Gasteiger partial charge in [-0.2, -0.15) is 0 Å². The van der Waals surface area contributed by atoms with Gasteiger partial charge in [0, 0.05) is 32.6 Å². The van der Waals surface area contributed by atoms with Crippen molar-refractivity contribution in [3.8, 4) is 0 Å². The summed E-state index contributed by atoms with van der Waals surface area (Å²) in [5.74, 6) is -1.04. The van der Waals surface area contributed by atoms with Crippen molar-refractivity contribution < 1.29 is 19.8 Å². The Balaban J connectivity index is 2.03. The van der Waals surface area contributed by atoms with Gasteiger partial charge in [0.2, 0.25) is 0 Å². The molecule has 7 nitrogen and oxygen atoms in total. The lowest BCUT2D eigenvalue weighted by Crippen LogP contribution is -2.49. The van der Waals surface area contributed by atoms with E-state index in [9.17, 15) is 14.7 Å². The van der Waals surface area contributed by atoms with E-state index in [1.54, 1.807) is 4.90 Å². The summed E-state index contributed by atoms with van der Waals surface area (Å²) in [5, 5.41) is 18.7. The highest BCUT2D eigenvalue weighted by atomic mass is 16.4. The molecule has 19 heavy (non-hydrogen) atoms. The molecule has 0 spiro atoms. The third-order valence-electron chi connectivity index (χ3n) is 3.80. The van der Waals surface area contributed by atoms with Crippen LogP contribution in [0.25, 0.3) is 0 Å². The Bertz CT molecular complexity index is 363. The minimum atomic E-state index is -1.04. The summed E-state index contributed by atoms with van der Waals surface area (Å²) in [5.41, 5.74) is 0. The summed E-state index contributed by atoms with van der Waals surface area (Å²) in [6.45, 7) is 3.09. The van der Waals surface area contributed by atoms with E-state index >= 15 is 0 Å². The number of likely N-dealkylation sites (N-methyl/N-ethyl adjacent to an activating group) is 1. The van der Waals surface area contributed by atoms with Crippen LogP contribution in [0, 0.1) is 0 Å². The summed E-state index contributed by atoms with van der Waals surface area (Å²) < 4.78 is 0. The molecule has 2 fully saturated rings. The van der Waals surface area contributed by atoms with Gasteiger partial charge in [-0.3, -0.25) is 0 Å². The quantitative estimate of drug-likeness (QED) is 0.656. The van der Waals surface area contributed by atoms with Crippen LogP contribution < -0.4 is 0 Å². The summed E-state index contributed by atoms with van der Waals surface area (Å²) in [6, 6.07) is -1.16. The van der Waals surface area contributed by atoms with Gasteiger partial charge in [-0.05, 0) is 20.0 Å². The standard InChI is InChI=1S/C12H21N3O4/c1-13-3-2-4-14(6-5-13)12(19)15-8-9(16)7-10(15)11(17)18/h9-10,16H,2-8H2,1H3,(H,17,18)/t9-,10-/m0/s1. The van der Waals surface area contributed by atoms with Crippen molar-refractivity contribution in [3.63, 3.8) is 0 Å². The molecule has 0 radical (unpaired) electrons. The molecule has 2 amide bonds. The first-order valence-corrected chi connectivity index (χ1v) is 6.64. The molecule has 2 saturated heterocycles. The number of aliphatic hydroxyl groups excluding tert-OH is 1. The van der Waals surface area contributed by atoms with E-state index < -0.39 is 18.1 Å². The average Bonchev–Trinajstić information content (AvgIpc) is 2.61. The van der Waals surface area contributed by atoms with Gasteiger partial charge in [-0.15, -0.1) is 0 Å². The molecule has 2 N–H and O–H groups in total. The molecule has 2 atom stereocenters. The molecule has 0 saturated carbocycles. The smallest absolute Gasteiger partial charge is 0.326 e. The van der Waals surface area contributed by atoms with E-state index in [0.717, 1.165) is 19.5 Å². The van der Waals surface area contributed by atoms with Gasteiger partial charge in [-0.1, -0.05) is 0 Å². The molecule has 2 heterocycles. The largest absolute Gasteiger partial charge is 0.480 e. The van der Waals surface area contributed by atoms with E-state index in [1.165, 1.54) is 4.90 Å². The second-order valence-corrected chi connectivity index (χ2v) is 5.32. The van der Waals surface area contributed by atoms with Gasteiger partial charge in [0.15, 0.2) is 0 Å². The van der Waals surface area contributed by atoms with Crippen molar-refractivity contribution >= 4 is 12.0 Å². The molecule has 0 aromatic carbocycles. The summed E-state index contributed by atoms with van der Waals surface area (Å²) in [7, 11) is 2.01. The Morgan fingerprint density at radius 1 is 1.16 bits per heavy atom. The predicted octanol–water partition coefficient (Wildman–Crippen LogP) is -0.736. The van der Waals surface area contributed by atoms with Crippen LogP contribution >= 0.6 is 0 Å². The highest BCUT2D eigenvalue weighted by Crippen LogP contribution is 2.20. The minimum Gasteiger partial charge on any atom is -0.480 e. The third-order valence-corrected chi connectivity index (χ3v) is 3.80. The molecule has 0 aromatic heterocycles. The first-order valence-electron chi connectivity index (χ1n) is 6.64. The predicted molar refractivity (Wildman–Crippen MR) is 67.8 cm³/mol. The first-order chi connectivity index (χ1) is 8.99. The third kappa shape index (κ3) is 3.16. The van der Waals surface area contributed by atoms with E-state index in [0.29, 0.717) is 13.1 Å². The molecule has 108 valence electrons. The van der Waals surface area contributed by atoms with Crippen LogP contribution in [0.4, 0.5) is 4.79 Å². The zero-order valence-corrected chi connectivity index (χ0v) is 11.2. The SMILES string of the molecule is CN1CCCN(C(=O)N2C[C@@H](O)C[C@H]2C(=O)O)CC1. The maximum absolute atomic E-state index is 12.4. The highest BCUT2D eigenvalue weighted by molar-refractivity contribution is 5.83. The molecule has 2 aliphatic rings. The van der Waals surface area contributed by atoms with Crippen LogP contribution in [0.2, 0.25) is 0 Å². The Kier molecular flexibility index (Phi) is 4.26. The maximum atomic E-state index is 12.4. The summed E-state index contributed by atoms with van der Waals surface area (Å²) >= 11 is 0. The maximum Gasteiger partial charge on any atom is 0.326 e. The number of likely N-dealkylation sites (tertiary alicyclic amines) is 1. The fourth-order valence-corrected chi connectivity index (χ4v) is 2.68. The normalized spacial score (nSPS) is 29.4. The van der Waals surface area contributed by atoms with Gasteiger partial charge in [0.25, 0.3) is 0 Å². The fraction of sp³-hybridized carbons (Fsp3) is 0.833. The fourth-order valence-electron chi connectivity index (χ4n) is 2.68. The molecule has 2 aliphatic heterocycles. The van der Waals surface area contributed by atoms with Crippen LogP contribution in [0.3, 0.4) is 0 Å².